The fourth-order valence-electron chi connectivity index (χ4n) is 2.78. The zero-order valence-corrected chi connectivity index (χ0v) is 10.9. The summed E-state index contributed by atoms with van der Waals surface area (Å²) in [5.41, 5.74) is -0.754. The van der Waals surface area contributed by atoms with Crippen LogP contribution in [0.2, 0.25) is 0 Å². The van der Waals surface area contributed by atoms with E-state index in [0.717, 1.165) is 25.7 Å². The van der Waals surface area contributed by atoms with Gasteiger partial charge in [-0.3, -0.25) is 0 Å². The standard InChI is InChI=1S/C13H22N2O3/c1-2-12(5-3-6-12)9-14-11(18)15-13(10(16)17)7-4-8-13/h2-9H2,1H3,(H,16,17)(H2,14,15,18). The Hall–Kier alpha value is -1.26. The molecule has 3 N–H and O–H groups in total. The number of rotatable bonds is 5. The highest BCUT2D eigenvalue weighted by atomic mass is 16.4. The van der Waals surface area contributed by atoms with E-state index in [1.165, 1.54) is 6.42 Å². The van der Waals surface area contributed by atoms with Crippen LogP contribution in [-0.2, 0) is 4.79 Å². The van der Waals surface area contributed by atoms with Crippen LogP contribution in [0.3, 0.4) is 0 Å². The van der Waals surface area contributed by atoms with Crippen LogP contribution in [0, 0.1) is 5.41 Å². The molecule has 2 amide bonds. The summed E-state index contributed by atoms with van der Waals surface area (Å²) >= 11 is 0. The van der Waals surface area contributed by atoms with E-state index in [9.17, 15) is 9.59 Å². The summed E-state index contributed by atoms with van der Waals surface area (Å²) in [6.45, 7) is 2.80. The van der Waals surface area contributed by atoms with Gasteiger partial charge in [-0.25, -0.2) is 9.59 Å². The van der Waals surface area contributed by atoms with Gasteiger partial charge in [0, 0.05) is 6.54 Å². The van der Waals surface area contributed by atoms with Crippen LogP contribution < -0.4 is 10.6 Å². The van der Waals surface area contributed by atoms with E-state index in [0.29, 0.717) is 19.4 Å². The zero-order valence-electron chi connectivity index (χ0n) is 10.9. The Bertz CT molecular complexity index is 341. The molecule has 2 rings (SSSR count). The summed E-state index contributed by atoms with van der Waals surface area (Å²) in [6.07, 6.45) is 6.56. The van der Waals surface area contributed by atoms with Crippen molar-refractivity contribution >= 4 is 12.0 Å². The van der Waals surface area contributed by atoms with Crippen LogP contribution in [-0.4, -0.2) is 29.2 Å². The largest absolute Gasteiger partial charge is 0.480 e. The highest BCUT2D eigenvalue weighted by Gasteiger charge is 2.46. The molecule has 0 atom stereocenters. The predicted octanol–water partition coefficient (Wildman–Crippen LogP) is 1.87. The molecule has 2 fully saturated rings. The number of carbonyl (C=O) groups excluding carboxylic acids is 1. The Morgan fingerprint density at radius 3 is 2.11 bits per heavy atom. The molecular weight excluding hydrogens is 232 g/mol. The molecule has 2 aliphatic rings. The lowest BCUT2D eigenvalue weighted by Gasteiger charge is -2.42. The maximum Gasteiger partial charge on any atom is 0.329 e. The first-order valence-corrected chi connectivity index (χ1v) is 6.81. The molecule has 5 heteroatoms. The predicted molar refractivity (Wildman–Crippen MR) is 67.3 cm³/mol. The molecule has 0 unspecified atom stereocenters. The smallest absolute Gasteiger partial charge is 0.329 e. The van der Waals surface area contributed by atoms with Crippen LogP contribution in [0.25, 0.3) is 0 Å². The maximum atomic E-state index is 11.8. The van der Waals surface area contributed by atoms with Gasteiger partial charge in [-0.1, -0.05) is 13.3 Å². The van der Waals surface area contributed by atoms with Crippen molar-refractivity contribution in [1.29, 1.82) is 0 Å². The lowest BCUT2D eigenvalue weighted by atomic mass is 9.67. The first-order chi connectivity index (χ1) is 8.52. The highest BCUT2D eigenvalue weighted by molar-refractivity contribution is 5.87. The van der Waals surface area contributed by atoms with Crippen LogP contribution in [0.1, 0.15) is 51.9 Å². The Labute approximate surface area is 107 Å². The normalized spacial score (nSPS) is 23.4. The Morgan fingerprint density at radius 1 is 1.17 bits per heavy atom. The van der Waals surface area contributed by atoms with E-state index in [4.69, 9.17) is 5.11 Å². The van der Waals surface area contributed by atoms with Gasteiger partial charge in [0.15, 0.2) is 0 Å². The molecule has 5 nitrogen and oxygen atoms in total. The van der Waals surface area contributed by atoms with Gasteiger partial charge in [-0.05, 0) is 43.9 Å². The van der Waals surface area contributed by atoms with Gasteiger partial charge in [0.25, 0.3) is 0 Å². The van der Waals surface area contributed by atoms with Crippen LogP contribution >= 0.6 is 0 Å². The van der Waals surface area contributed by atoms with Crippen molar-refractivity contribution in [1.82, 2.24) is 10.6 Å². The molecule has 0 bridgehead atoms. The maximum absolute atomic E-state index is 11.8. The zero-order chi connectivity index (χ0) is 13.2. The summed E-state index contributed by atoms with van der Waals surface area (Å²) in [7, 11) is 0. The Balaban J connectivity index is 1.80. The number of carbonyl (C=O) groups is 2. The number of amides is 2. The Morgan fingerprint density at radius 2 is 1.78 bits per heavy atom. The van der Waals surface area contributed by atoms with Crippen LogP contribution in [0.5, 0.6) is 0 Å². The first kappa shape index (κ1) is 13.2. The second-order valence-electron chi connectivity index (χ2n) is 5.76. The molecule has 0 heterocycles. The summed E-state index contributed by atoms with van der Waals surface area (Å²) in [6, 6.07) is -0.336. The minimum atomic E-state index is -1.01. The van der Waals surface area contributed by atoms with E-state index in [1.54, 1.807) is 0 Å². The Kier molecular flexibility index (Phi) is 3.50. The third-order valence-corrected chi connectivity index (χ3v) is 4.76. The lowest BCUT2D eigenvalue weighted by Crippen LogP contribution is -2.61. The molecular formula is C13H22N2O3. The van der Waals surface area contributed by atoms with Gasteiger partial charge in [-0.2, -0.15) is 0 Å². The molecule has 0 aromatic heterocycles. The molecule has 0 spiro atoms. The number of urea groups is 1. The van der Waals surface area contributed by atoms with E-state index in [1.807, 2.05) is 0 Å². The number of carboxylic acids is 1. The molecule has 0 radical (unpaired) electrons. The molecule has 0 saturated heterocycles. The van der Waals surface area contributed by atoms with Crippen molar-refractivity contribution in [2.45, 2.75) is 57.4 Å². The van der Waals surface area contributed by atoms with E-state index in [-0.39, 0.29) is 11.4 Å². The molecule has 2 saturated carbocycles. The van der Waals surface area contributed by atoms with Crippen molar-refractivity contribution in [3.63, 3.8) is 0 Å². The third kappa shape index (κ3) is 2.31. The van der Waals surface area contributed by atoms with Crippen LogP contribution in [0.4, 0.5) is 4.79 Å². The second kappa shape index (κ2) is 4.78. The summed E-state index contributed by atoms with van der Waals surface area (Å²) < 4.78 is 0. The molecule has 2 aliphatic carbocycles. The topological polar surface area (TPSA) is 78.4 Å². The minimum absolute atomic E-state index is 0.257. The average Bonchev–Trinajstić information content (AvgIpc) is 2.22. The van der Waals surface area contributed by atoms with E-state index in [2.05, 4.69) is 17.6 Å². The molecule has 18 heavy (non-hydrogen) atoms. The first-order valence-electron chi connectivity index (χ1n) is 6.81. The second-order valence-corrected chi connectivity index (χ2v) is 5.76. The number of hydrogen-bond acceptors (Lipinski definition) is 2. The van der Waals surface area contributed by atoms with Gasteiger partial charge in [0.1, 0.15) is 5.54 Å². The molecule has 0 aromatic rings. The van der Waals surface area contributed by atoms with Crippen molar-refractivity contribution in [2.24, 2.45) is 5.41 Å². The summed E-state index contributed by atoms with van der Waals surface area (Å²) in [5.74, 6) is -0.919. The summed E-state index contributed by atoms with van der Waals surface area (Å²) in [4.78, 5) is 22.9. The van der Waals surface area contributed by atoms with Crippen LogP contribution in [0.15, 0.2) is 0 Å². The monoisotopic (exact) mass is 254 g/mol. The van der Waals surface area contributed by atoms with Crippen molar-refractivity contribution in [3.05, 3.63) is 0 Å². The molecule has 102 valence electrons. The van der Waals surface area contributed by atoms with Gasteiger partial charge in [0.2, 0.25) is 0 Å². The average molecular weight is 254 g/mol. The molecule has 0 aliphatic heterocycles. The van der Waals surface area contributed by atoms with Crippen molar-refractivity contribution in [3.8, 4) is 0 Å². The summed E-state index contributed by atoms with van der Waals surface area (Å²) in [5, 5.41) is 14.6. The SMILES string of the molecule is CCC1(CNC(=O)NC2(C(=O)O)CCC2)CCC1. The number of aliphatic carboxylic acids is 1. The lowest BCUT2D eigenvalue weighted by molar-refractivity contribution is -0.148. The quantitative estimate of drug-likeness (QED) is 0.701. The fraction of sp³-hybridized carbons (Fsp3) is 0.846. The minimum Gasteiger partial charge on any atom is -0.480 e. The highest BCUT2D eigenvalue weighted by Crippen LogP contribution is 2.43. The number of nitrogens with one attached hydrogen (secondary N) is 2. The third-order valence-electron chi connectivity index (χ3n) is 4.76. The van der Waals surface area contributed by atoms with Gasteiger partial charge in [-0.15, -0.1) is 0 Å². The number of hydrogen-bond donors (Lipinski definition) is 3. The van der Waals surface area contributed by atoms with Gasteiger partial charge >= 0.3 is 12.0 Å². The van der Waals surface area contributed by atoms with Gasteiger partial charge in [0.05, 0.1) is 0 Å². The van der Waals surface area contributed by atoms with Crippen molar-refractivity contribution < 1.29 is 14.7 Å². The van der Waals surface area contributed by atoms with E-state index >= 15 is 0 Å². The fourth-order valence-corrected chi connectivity index (χ4v) is 2.78. The van der Waals surface area contributed by atoms with E-state index < -0.39 is 11.5 Å². The molecule has 0 aromatic carbocycles. The van der Waals surface area contributed by atoms with Crippen molar-refractivity contribution in [2.75, 3.05) is 6.54 Å². The number of carboxylic acid groups (broad SMARTS) is 1. The van der Waals surface area contributed by atoms with Gasteiger partial charge < -0.3 is 15.7 Å².